The number of fused-ring (bicyclic) bond motifs is 1. The van der Waals surface area contributed by atoms with Crippen LogP contribution >= 0.6 is 11.3 Å². The molecule has 0 fully saturated rings. The zero-order valence-corrected chi connectivity index (χ0v) is 7.64. The van der Waals surface area contributed by atoms with Gasteiger partial charge in [-0.15, -0.1) is 11.3 Å². The van der Waals surface area contributed by atoms with Gasteiger partial charge in [0, 0.05) is 10.3 Å². The topological polar surface area (TPSA) is 26.3 Å². The molecule has 2 aromatic rings. The second kappa shape index (κ2) is 3.58. The van der Waals surface area contributed by atoms with E-state index in [1.165, 1.54) is 11.2 Å². The molecule has 0 N–H and O–H groups in total. The summed E-state index contributed by atoms with van der Waals surface area (Å²) in [5.74, 6) is 0. The summed E-state index contributed by atoms with van der Waals surface area (Å²) in [7, 11) is 0. The third kappa shape index (κ3) is 1.55. The summed E-state index contributed by atoms with van der Waals surface area (Å²) >= 11 is 1.65. The predicted molar refractivity (Wildman–Crippen MR) is 52.3 cm³/mol. The zero-order chi connectivity index (χ0) is 9.10. The minimum atomic E-state index is 0.313. The lowest BCUT2D eigenvalue weighted by Gasteiger charge is -1.95. The van der Waals surface area contributed by atoms with E-state index in [9.17, 15) is 4.79 Å². The molecule has 0 atom stereocenters. The van der Waals surface area contributed by atoms with Crippen molar-refractivity contribution in [3.63, 3.8) is 0 Å². The van der Waals surface area contributed by atoms with Crippen molar-refractivity contribution in [2.45, 2.75) is 6.61 Å². The molecule has 0 bridgehead atoms. The van der Waals surface area contributed by atoms with Crippen LogP contribution in [0.3, 0.4) is 0 Å². The van der Waals surface area contributed by atoms with E-state index in [2.05, 4.69) is 4.74 Å². The third-order valence-electron chi connectivity index (χ3n) is 1.85. The Hall–Kier alpha value is -1.35. The first-order valence-corrected chi connectivity index (χ1v) is 4.74. The predicted octanol–water partition coefficient (Wildman–Crippen LogP) is 2.49. The molecule has 0 aliphatic carbocycles. The van der Waals surface area contributed by atoms with E-state index >= 15 is 0 Å². The molecule has 2 rings (SSSR count). The van der Waals surface area contributed by atoms with Crippen molar-refractivity contribution in [3.05, 3.63) is 35.2 Å². The Balaban J connectivity index is 2.40. The number of carbonyl (C=O) groups excluding carboxylic acids is 1. The number of thiophene rings is 1. The maximum Gasteiger partial charge on any atom is 0.417 e. The minimum absolute atomic E-state index is 0.313. The van der Waals surface area contributed by atoms with E-state index in [0.717, 1.165) is 10.9 Å². The highest BCUT2D eigenvalue weighted by molar-refractivity contribution is 7.17. The Bertz CT molecular complexity index is 420. The molecule has 0 unspecified atom stereocenters. The van der Waals surface area contributed by atoms with Crippen molar-refractivity contribution < 1.29 is 9.53 Å². The fourth-order valence-corrected chi connectivity index (χ4v) is 2.20. The summed E-state index contributed by atoms with van der Waals surface area (Å²) in [5, 5.41) is 3.16. The van der Waals surface area contributed by atoms with E-state index in [-0.39, 0.29) is 0 Å². The normalized spacial score (nSPS) is 10.2. The molecule has 0 saturated carbocycles. The van der Waals surface area contributed by atoms with Crippen LogP contribution in [0.15, 0.2) is 29.6 Å². The molecule has 1 radical (unpaired) electrons. The number of benzene rings is 1. The molecular formula is C10H7O2S. The molecule has 2 nitrogen and oxygen atoms in total. The van der Waals surface area contributed by atoms with Gasteiger partial charge in [0.25, 0.3) is 0 Å². The quantitative estimate of drug-likeness (QED) is 0.745. The number of ether oxygens (including phenoxy) is 1. The fraction of sp³-hybridized carbons (Fsp3) is 0.100. The Morgan fingerprint density at radius 3 is 3.08 bits per heavy atom. The molecule has 0 aliphatic rings. The van der Waals surface area contributed by atoms with E-state index in [1.54, 1.807) is 11.3 Å². The van der Waals surface area contributed by atoms with Crippen molar-refractivity contribution in [2.75, 3.05) is 0 Å². The summed E-state index contributed by atoms with van der Waals surface area (Å²) < 4.78 is 5.80. The van der Waals surface area contributed by atoms with Crippen molar-refractivity contribution in [1.82, 2.24) is 0 Å². The van der Waals surface area contributed by atoms with Crippen LogP contribution in [0.25, 0.3) is 10.1 Å². The van der Waals surface area contributed by atoms with Gasteiger partial charge in [-0.2, -0.15) is 0 Å². The Morgan fingerprint density at radius 2 is 2.23 bits per heavy atom. The van der Waals surface area contributed by atoms with Crippen LogP contribution in [-0.4, -0.2) is 6.47 Å². The summed E-state index contributed by atoms with van der Waals surface area (Å²) in [5.41, 5.74) is 1.05. The maximum atomic E-state index is 9.89. The second-order valence-electron chi connectivity index (χ2n) is 2.63. The average Bonchev–Trinajstić information content (AvgIpc) is 2.58. The van der Waals surface area contributed by atoms with Crippen molar-refractivity contribution >= 4 is 27.9 Å². The van der Waals surface area contributed by atoms with Crippen LogP contribution in [-0.2, 0) is 16.1 Å². The standard InChI is InChI=1S/C10H7O2S/c11-7-12-5-8-6-13-10-4-2-1-3-9(8)10/h1-4,6H,5H2. The van der Waals surface area contributed by atoms with Crippen molar-refractivity contribution in [3.8, 4) is 0 Å². The summed E-state index contributed by atoms with van der Waals surface area (Å²) in [6.45, 7) is 1.74. The van der Waals surface area contributed by atoms with Gasteiger partial charge < -0.3 is 4.74 Å². The van der Waals surface area contributed by atoms with E-state index in [1.807, 2.05) is 29.6 Å². The third-order valence-corrected chi connectivity index (χ3v) is 2.86. The zero-order valence-electron chi connectivity index (χ0n) is 6.82. The molecule has 1 heterocycles. The van der Waals surface area contributed by atoms with Gasteiger partial charge >= 0.3 is 6.47 Å². The van der Waals surface area contributed by atoms with Gasteiger partial charge in [0.2, 0.25) is 0 Å². The first-order chi connectivity index (χ1) is 6.42. The monoisotopic (exact) mass is 191 g/mol. The van der Waals surface area contributed by atoms with E-state index in [0.29, 0.717) is 6.61 Å². The molecule has 0 saturated heterocycles. The van der Waals surface area contributed by atoms with Crippen molar-refractivity contribution in [1.29, 1.82) is 0 Å². The first-order valence-electron chi connectivity index (χ1n) is 3.86. The van der Waals surface area contributed by atoms with Crippen LogP contribution in [0.1, 0.15) is 5.56 Å². The Kier molecular flexibility index (Phi) is 2.27. The molecule has 0 spiro atoms. The van der Waals surface area contributed by atoms with Crippen LogP contribution < -0.4 is 0 Å². The fourth-order valence-electron chi connectivity index (χ4n) is 1.25. The molecule has 0 amide bonds. The van der Waals surface area contributed by atoms with E-state index < -0.39 is 0 Å². The average molecular weight is 191 g/mol. The lowest BCUT2D eigenvalue weighted by atomic mass is 10.2. The van der Waals surface area contributed by atoms with E-state index in [4.69, 9.17) is 0 Å². The molecule has 0 aliphatic heterocycles. The van der Waals surface area contributed by atoms with Crippen molar-refractivity contribution in [2.24, 2.45) is 0 Å². The van der Waals surface area contributed by atoms with Gasteiger partial charge in [-0.05, 0) is 16.8 Å². The molecule has 65 valence electrons. The first kappa shape index (κ1) is 8.26. The highest BCUT2D eigenvalue weighted by atomic mass is 32.1. The number of hydrogen-bond donors (Lipinski definition) is 0. The number of rotatable bonds is 3. The van der Waals surface area contributed by atoms with Crippen LogP contribution in [0, 0.1) is 0 Å². The highest BCUT2D eigenvalue weighted by Crippen LogP contribution is 2.25. The van der Waals surface area contributed by atoms with Gasteiger partial charge in [-0.1, -0.05) is 18.2 Å². The Morgan fingerprint density at radius 1 is 1.38 bits per heavy atom. The van der Waals surface area contributed by atoms with Gasteiger partial charge in [0.15, 0.2) is 0 Å². The lowest BCUT2D eigenvalue weighted by Crippen LogP contribution is -1.87. The van der Waals surface area contributed by atoms with Gasteiger partial charge in [0.05, 0.1) is 0 Å². The Labute approximate surface area is 79.8 Å². The SMILES string of the molecule is O=[C]OCc1csc2ccccc12. The molecular weight excluding hydrogens is 184 g/mol. The lowest BCUT2D eigenvalue weighted by molar-refractivity contribution is 0.268. The highest BCUT2D eigenvalue weighted by Gasteiger charge is 2.02. The smallest absolute Gasteiger partial charge is 0.417 e. The molecule has 1 aromatic heterocycles. The molecule has 3 heteroatoms. The summed E-state index contributed by atoms with van der Waals surface area (Å²) in [6.07, 6.45) is 0. The molecule has 1 aromatic carbocycles. The van der Waals surface area contributed by atoms with Gasteiger partial charge in [-0.25, -0.2) is 4.79 Å². The van der Waals surface area contributed by atoms with Crippen LogP contribution in [0.2, 0.25) is 0 Å². The van der Waals surface area contributed by atoms with Gasteiger partial charge in [0.1, 0.15) is 6.61 Å². The second-order valence-corrected chi connectivity index (χ2v) is 3.54. The van der Waals surface area contributed by atoms with Crippen LogP contribution in [0.4, 0.5) is 0 Å². The maximum absolute atomic E-state index is 9.89. The minimum Gasteiger partial charge on any atom is -0.452 e. The van der Waals surface area contributed by atoms with Crippen LogP contribution in [0.5, 0.6) is 0 Å². The summed E-state index contributed by atoms with van der Waals surface area (Å²) in [4.78, 5) is 9.89. The largest absolute Gasteiger partial charge is 0.452 e. The number of hydrogen-bond acceptors (Lipinski definition) is 3. The van der Waals surface area contributed by atoms with Gasteiger partial charge in [-0.3, -0.25) is 0 Å². The summed E-state index contributed by atoms with van der Waals surface area (Å²) in [6, 6.07) is 8.04. The molecule has 13 heavy (non-hydrogen) atoms.